The van der Waals surface area contributed by atoms with Gasteiger partial charge in [-0.05, 0) is 24.5 Å². The Bertz CT molecular complexity index is 476. The van der Waals surface area contributed by atoms with E-state index in [-0.39, 0.29) is 0 Å². The van der Waals surface area contributed by atoms with E-state index in [1.165, 1.54) is 11.3 Å². The summed E-state index contributed by atoms with van der Waals surface area (Å²) in [7, 11) is 2.00. The van der Waals surface area contributed by atoms with E-state index < -0.39 is 0 Å². The topological polar surface area (TPSA) is 29.9 Å². The number of hydrogen-bond acceptors (Lipinski definition) is 2. The van der Waals surface area contributed by atoms with Crippen molar-refractivity contribution < 1.29 is 0 Å². The van der Waals surface area contributed by atoms with Gasteiger partial charge >= 0.3 is 0 Å². The fourth-order valence-corrected chi connectivity index (χ4v) is 2.31. The molecule has 1 unspecified atom stereocenters. The van der Waals surface area contributed by atoms with E-state index in [0.717, 1.165) is 25.8 Å². The first kappa shape index (κ1) is 13.8. The second-order valence-electron chi connectivity index (χ2n) is 4.95. The number of benzene rings is 1. The van der Waals surface area contributed by atoms with Crippen molar-refractivity contribution in [2.45, 2.75) is 32.2 Å². The van der Waals surface area contributed by atoms with E-state index in [2.05, 4.69) is 53.7 Å². The summed E-state index contributed by atoms with van der Waals surface area (Å²) in [6.07, 6.45) is 5.14. The van der Waals surface area contributed by atoms with Gasteiger partial charge in [-0.25, -0.2) is 0 Å². The molecule has 0 saturated heterocycles. The van der Waals surface area contributed by atoms with Gasteiger partial charge in [-0.1, -0.05) is 37.3 Å². The first-order chi connectivity index (χ1) is 9.29. The summed E-state index contributed by atoms with van der Waals surface area (Å²) in [6.45, 7) is 3.25. The van der Waals surface area contributed by atoms with Gasteiger partial charge in [0.2, 0.25) is 0 Å². The van der Waals surface area contributed by atoms with Gasteiger partial charge in [0.1, 0.15) is 0 Å². The molecule has 102 valence electrons. The molecule has 3 heteroatoms. The molecule has 0 amide bonds. The molecule has 2 rings (SSSR count). The third kappa shape index (κ3) is 4.21. The Balaban J connectivity index is 1.78. The highest BCUT2D eigenvalue weighted by Crippen LogP contribution is 2.06. The van der Waals surface area contributed by atoms with Crippen LogP contribution in [-0.4, -0.2) is 22.4 Å². The fourth-order valence-electron chi connectivity index (χ4n) is 2.31. The maximum atomic E-state index is 4.19. The summed E-state index contributed by atoms with van der Waals surface area (Å²) in [5.74, 6) is 0. The Morgan fingerprint density at radius 1 is 1.21 bits per heavy atom. The van der Waals surface area contributed by atoms with E-state index in [1.807, 2.05) is 17.9 Å². The van der Waals surface area contributed by atoms with E-state index in [0.29, 0.717) is 6.04 Å². The zero-order valence-corrected chi connectivity index (χ0v) is 11.8. The molecular weight excluding hydrogens is 234 g/mol. The van der Waals surface area contributed by atoms with Crippen LogP contribution < -0.4 is 5.32 Å². The quantitative estimate of drug-likeness (QED) is 0.826. The number of nitrogens with one attached hydrogen (secondary N) is 1. The van der Waals surface area contributed by atoms with Gasteiger partial charge in [0.15, 0.2) is 0 Å². The lowest BCUT2D eigenvalue weighted by Crippen LogP contribution is -2.32. The van der Waals surface area contributed by atoms with Crippen LogP contribution >= 0.6 is 0 Å². The summed E-state index contributed by atoms with van der Waals surface area (Å²) in [6, 6.07) is 13.3. The summed E-state index contributed by atoms with van der Waals surface area (Å²) in [5, 5.41) is 7.83. The number of aryl methyl sites for hydroxylation is 1. The Morgan fingerprint density at radius 2 is 2.00 bits per heavy atom. The number of hydrogen-bond donors (Lipinski definition) is 1. The summed E-state index contributed by atoms with van der Waals surface area (Å²) < 4.78 is 1.94. The Labute approximate surface area is 115 Å². The van der Waals surface area contributed by atoms with Crippen molar-refractivity contribution in [2.24, 2.45) is 7.05 Å². The van der Waals surface area contributed by atoms with Crippen LogP contribution in [0.4, 0.5) is 0 Å². The first-order valence-corrected chi connectivity index (χ1v) is 7.03. The minimum absolute atomic E-state index is 0.552. The SMILES string of the molecule is CCC(Cc1ccccc1)NCCc1ccnn1C. The van der Waals surface area contributed by atoms with Crippen molar-refractivity contribution in [3.63, 3.8) is 0 Å². The third-order valence-corrected chi connectivity index (χ3v) is 3.55. The maximum absolute atomic E-state index is 4.19. The molecule has 0 aliphatic heterocycles. The van der Waals surface area contributed by atoms with E-state index >= 15 is 0 Å². The monoisotopic (exact) mass is 257 g/mol. The molecule has 2 aromatic rings. The molecule has 1 heterocycles. The third-order valence-electron chi connectivity index (χ3n) is 3.55. The predicted molar refractivity (Wildman–Crippen MR) is 79.1 cm³/mol. The average molecular weight is 257 g/mol. The standard InChI is InChI=1S/C16H23N3/c1-3-15(13-14-7-5-4-6-8-14)17-11-9-16-10-12-18-19(16)2/h4-8,10,12,15,17H,3,9,11,13H2,1-2H3. The number of rotatable bonds is 7. The van der Waals surface area contributed by atoms with Crippen molar-refractivity contribution in [3.8, 4) is 0 Å². The minimum atomic E-state index is 0.552. The molecule has 0 aliphatic carbocycles. The molecule has 3 nitrogen and oxygen atoms in total. The molecular formula is C16H23N3. The van der Waals surface area contributed by atoms with Crippen molar-refractivity contribution >= 4 is 0 Å². The minimum Gasteiger partial charge on any atom is -0.313 e. The van der Waals surface area contributed by atoms with Crippen LogP contribution in [-0.2, 0) is 19.9 Å². The Kier molecular flexibility index (Phi) is 5.16. The normalized spacial score (nSPS) is 12.5. The summed E-state index contributed by atoms with van der Waals surface area (Å²) >= 11 is 0. The van der Waals surface area contributed by atoms with Gasteiger partial charge in [-0.15, -0.1) is 0 Å². The van der Waals surface area contributed by atoms with E-state index in [4.69, 9.17) is 0 Å². The second kappa shape index (κ2) is 7.10. The summed E-state index contributed by atoms with van der Waals surface area (Å²) in [5.41, 5.74) is 2.68. The van der Waals surface area contributed by atoms with E-state index in [9.17, 15) is 0 Å². The molecule has 0 spiro atoms. The Hall–Kier alpha value is -1.61. The van der Waals surface area contributed by atoms with Gasteiger partial charge in [0.25, 0.3) is 0 Å². The van der Waals surface area contributed by atoms with Crippen LogP contribution in [0.2, 0.25) is 0 Å². The average Bonchev–Trinajstić information content (AvgIpc) is 2.84. The molecule has 0 aliphatic rings. The lowest BCUT2D eigenvalue weighted by molar-refractivity contribution is 0.493. The van der Waals surface area contributed by atoms with Crippen LogP contribution in [0, 0.1) is 0 Å². The molecule has 1 aromatic carbocycles. The number of nitrogens with zero attached hydrogens (tertiary/aromatic N) is 2. The lowest BCUT2D eigenvalue weighted by Gasteiger charge is -2.17. The second-order valence-corrected chi connectivity index (χ2v) is 4.95. The van der Waals surface area contributed by atoms with Crippen molar-refractivity contribution in [3.05, 3.63) is 53.9 Å². The highest BCUT2D eigenvalue weighted by Gasteiger charge is 2.07. The molecule has 1 atom stereocenters. The zero-order chi connectivity index (χ0) is 13.5. The predicted octanol–water partition coefficient (Wildman–Crippen LogP) is 2.57. The fraction of sp³-hybridized carbons (Fsp3) is 0.438. The molecule has 0 bridgehead atoms. The van der Waals surface area contributed by atoms with Crippen LogP contribution in [0.3, 0.4) is 0 Å². The van der Waals surface area contributed by atoms with Gasteiger partial charge in [-0.2, -0.15) is 5.10 Å². The molecule has 19 heavy (non-hydrogen) atoms. The van der Waals surface area contributed by atoms with Crippen molar-refractivity contribution in [2.75, 3.05) is 6.54 Å². The van der Waals surface area contributed by atoms with Gasteiger partial charge in [0, 0.05) is 37.9 Å². The van der Waals surface area contributed by atoms with Crippen molar-refractivity contribution in [1.82, 2.24) is 15.1 Å². The van der Waals surface area contributed by atoms with Crippen LogP contribution in [0.25, 0.3) is 0 Å². The maximum Gasteiger partial charge on any atom is 0.0492 e. The van der Waals surface area contributed by atoms with Crippen LogP contribution in [0.1, 0.15) is 24.6 Å². The summed E-state index contributed by atoms with van der Waals surface area (Å²) in [4.78, 5) is 0. The van der Waals surface area contributed by atoms with Gasteiger partial charge in [0.05, 0.1) is 0 Å². The molecule has 0 fully saturated rings. The zero-order valence-electron chi connectivity index (χ0n) is 11.8. The van der Waals surface area contributed by atoms with Gasteiger partial charge < -0.3 is 5.32 Å². The van der Waals surface area contributed by atoms with Crippen molar-refractivity contribution in [1.29, 1.82) is 0 Å². The molecule has 0 radical (unpaired) electrons. The molecule has 1 aromatic heterocycles. The van der Waals surface area contributed by atoms with Crippen LogP contribution in [0.5, 0.6) is 0 Å². The smallest absolute Gasteiger partial charge is 0.0492 e. The first-order valence-electron chi connectivity index (χ1n) is 7.03. The highest BCUT2D eigenvalue weighted by atomic mass is 15.3. The largest absolute Gasteiger partial charge is 0.313 e. The van der Waals surface area contributed by atoms with Gasteiger partial charge in [-0.3, -0.25) is 4.68 Å². The lowest BCUT2D eigenvalue weighted by atomic mass is 10.0. The molecule has 0 saturated carbocycles. The highest BCUT2D eigenvalue weighted by molar-refractivity contribution is 5.15. The number of aromatic nitrogens is 2. The van der Waals surface area contributed by atoms with Crippen LogP contribution in [0.15, 0.2) is 42.6 Å². The Morgan fingerprint density at radius 3 is 2.63 bits per heavy atom. The van der Waals surface area contributed by atoms with E-state index in [1.54, 1.807) is 0 Å². The molecule has 1 N–H and O–H groups in total.